The molecule has 0 unspecified atom stereocenters. The fraction of sp³-hybridized carbons (Fsp3) is 0.133. The zero-order valence-corrected chi connectivity index (χ0v) is 11.3. The lowest BCUT2D eigenvalue weighted by molar-refractivity contribution is 0.0955. The third-order valence-corrected chi connectivity index (χ3v) is 2.68. The van der Waals surface area contributed by atoms with Crippen LogP contribution in [0.15, 0.2) is 36.4 Å². The van der Waals surface area contributed by atoms with Gasteiger partial charge in [0.1, 0.15) is 17.4 Å². The lowest BCUT2D eigenvalue weighted by Gasteiger charge is -2.10. The van der Waals surface area contributed by atoms with Gasteiger partial charge in [-0.3, -0.25) is 4.79 Å². The third kappa shape index (κ3) is 3.68. The highest BCUT2D eigenvalue weighted by Crippen LogP contribution is 2.29. The zero-order valence-electron chi connectivity index (χ0n) is 11.3. The Labute approximate surface area is 120 Å². The summed E-state index contributed by atoms with van der Waals surface area (Å²) >= 11 is 0. The van der Waals surface area contributed by atoms with E-state index in [0.717, 1.165) is 18.2 Å². The number of rotatable bonds is 4. The lowest BCUT2D eigenvalue weighted by Crippen LogP contribution is -2.22. The van der Waals surface area contributed by atoms with Crippen LogP contribution in [0.2, 0.25) is 0 Å². The number of ether oxygens (including phenoxy) is 1. The molecule has 0 atom stereocenters. The van der Waals surface area contributed by atoms with E-state index >= 15 is 0 Å². The molecule has 0 radical (unpaired) electrons. The smallest absolute Gasteiger partial charge is 0.251 e. The number of amides is 1. The van der Waals surface area contributed by atoms with Crippen molar-refractivity contribution in [2.24, 2.45) is 0 Å². The molecule has 0 aliphatic rings. The van der Waals surface area contributed by atoms with E-state index in [4.69, 9.17) is 10.5 Å². The number of nitrogen functional groups attached to an aromatic ring is 1. The molecule has 0 saturated heterocycles. The van der Waals surface area contributed by atoms with Gasteiger partial charge in [-0.2, -0.15) is 0 Å². The fourth-order valence-corrected chi connectivity index (χ4v) is 1.74. The minimum absolute atomic E-state index is 0.0350. The molecule has 21 heavy (non-hydrogen) atoms. The van der Waals surface area contributed by atoms with Gasteiger partial charge in [0.25, 0.3) is 5.91 Å². The maximum atomic E-state index is 13.1. The Morgan fingerprint density at radius 3 is 2.48 bits per heavy atom. The molecule has 0 aromatic heterocycles. The van der Waals surface area contributed by atoms with Crippen LogP contribution in [0.3, 0.4) is 0 Å². The molecule has 2 rings (SSSR count). The molecular weight excluding hydrogens is 278 g/mol. The average Bonchev–Trinajstić information content (AvgIpc) is 2.40. The van der Waals surface area contributed by atoms with Crippen LogP contribution < -0.4 is 15.8 Å². The van der Waals surface area contributed by atoms with Gasteiger partial charge in [-0.25, -0.2) is 8.78 Å². The number of benzene rings is 2. The highest BCUT2D eigenvalue weighted by molar-refractivity contribution is 5.95. The second-order valence-corrected chi connectivity index (χ2v) is 4.32. The van der Waals surface area contributed by atoms with Crippen molar-refractivity contribution in [3.8, 4) is 11.5 Å². The number of anilines is 1. The summed E-state index contributed by atoms with van der Waals surface area (Å²) in [4.78, 5) is 11.7. The molecule has 110 valence electrons. The highest BCUT2D eigenvalue weighted by Gasteiger charge is 2.10. The van der Waals surface area contributed by atoms with Gasteiger partial charge in [0.2, 0.25) is 0 Å². The molecule has 1 amide bonds. The Hall–Kier alpha value is -2.63. The summed E-state index contributed by atoms with van der Waals surface area (Å²) in [5.41, 5.74) is 6.35. The third-order valence-electron chi connectivity index (χ3n) is 2.68. The molecule has 2 aromatic rings. The summed E-state index contributed by atoms with van der Waals surface area (Å²) in [6, 6.07) is 7.25. The summed E-state index contributed by atoms with van der Waals surface area (Å²) in [6.07, 6.45) is 0. The highest BCUT2D eigenvalue weighted by atomic mass is 19.1. The van der Waals surface area contributed by atoms with Crippen LogP contribution in [0, 0.1) is 11.6 Å². The first-order valence-corrected chi connectivity index (χ1v) is 6.31. The van der Waals surface area contributed by atoms with Crippen molar-refractivity contribution < 1.29 is 18.3 Å². The van der Waals surface area contributed by atoms with Crippen LogP contribution in [0.1, 0.15) is 17.3 Å². The second kappa shape index (κ2) is 6.21. The van der Waals surface area contributed by atoms with Gasteiger partial charge in [-0.15, -0.1) is 0 Å². The number of hydrogen-bond acceptors (Lipinski definition) is 3. The Balaban J connectivity index is 2.30. The van der Waals surface area contributed by atoms with E-state index in [1.807, 2.05) is 0 Å². The minimum atomic E-state index is -0.761. The van der Waals surface area contributed by atoms with Crippen molar-refractivity contribution in [2.75, 3.05) is 12.3 Å². The summed E-state index contributed by atoms with van der Waals surface area (Å²) < 4.78 is 31.6. The van der Waals surface area contributed by atoms with E-state index < -0.39 is 11.6 Å². The Kier molecular flexibility index (Phi) is 4.37. The van der Waals surface area contributed by atoms with Crippen molar-refractivity contribution in [3.05, 3.63) is 53.6 Å². The normalized spacial score (nSPS) is 10.2. The number of nitrogens with two attached hydrogens (primary N) is 1. The van der Waals surface area contributed by atoms with Gasteiger partial charge in [0.05, 0.1) is 5.69 Å². The first kappa shape index (κ1) is 14.8. The van der Waals surface area contributed by atoms with Gasteiger partial charge in [-0.1, -0.05) is 0 Å². The predicted octanol–water partition coefficient (Wildman–Crippen LogP) is 3.09. The Morgan fingerprint density at radius 2 is 1.86 bits per heavy atom. The van der Waals surface area contributed by atoms with Gasteiger partial charge in [0.15, 0.2) is 5.75 Å². The van der Waals surface area contributed by atoms with Crippen molar-refractivity contribution >= 4 is 11.6 Å². The van der Waals surface area contributed by atoms with Crippen LogP contribution in [-0.2, 0) is 0 Å². The van der Waals surface area contributed by atoms with E-state index in [0.29, 0.717) is 12.1 Å². The molecule has 0 saturated carbocycles. The second-order valence-electron chi connectivity index (χ2n) is 4.32. The first-order chi connectivity index (χ1) is 9.99. The summed E-state index contributed by atoms with van der Waals surface area (Å²) in [5.74, 6) is -1.68. The van der Waals surface area contributed by atoms with Crippen molar-refractivity contribution in [3.63, 3.8) is 0 Å². The number of nitrogens with one attached hydrogen (secondary N) is 1. The summed E-state index contributed by atoms with van der Waals surface area (Å²) in [7, 11) is 0. The molecular formula is C15H14F2N2O2. The van der Waals surface area contributed by atoms with Crippen LogP contribution in [0.25, 0.3) is 0 Å². The van der Waals surface area contributed by atoms with E-state index in [2.05, 4.69) is 5.32 Å². The molecule has 0 bridgehead atoms. The molecule has 0 aliphatic heterocycles. The minimum Gasteiger partial charge on any atom is -0.455 e. The Morgan fingerprint density at radius 1 is 1.19 bits per heavy atom. The quantitative estimate of drug-likeness (QED) is 0.851. The lowest BCUT2D eigenvalue weighted by atomic mass is 10.1. The zero-order chi connectivity index (χ0) is 15.4. The maximum absolute atomic E-state index is 13.1. The van der Waals surface area contributed by atoms with E-state index in [9.17, 15) is 13.6 Å². The van der Waals surface area contributed by atoms with Gasteiger partial charge in [0, 0.05) is 30.3 Å². The molecule has 0 fully saturated rings. The van der Waals surface area contributed by atoms with E-state index in [-0.39, 0.29) is 23.1 Å². The molecule has 6 heteroatoms. The van der Waals surface area contributed by atoms with Crippen LogP contribution in [0.4, 0.5) is 14.5 Å². The average molecular weight is 292 g/mol. The first-order valence-electron chi connectivity index (χ1n) is 6.31. The fourth-order valence-electron chi connectivity index (χ4n) is 1.74. The molecule has 3 N–H and O–H groups in total. The van der Waals surface area contributed by atoms with Crippen LogP contribution in [-0.4, -0.2) is 12.5 Å². The van der Waals surface area contributed by atoms with Gasteiger partial charge < -0.3 is 15.8 Å². The number of halogens is 2. The molecule has 0 spiro atoms. The van der Waals surface area contributed by atoms with Gasteiger partial charge >= 0.3 is 0 Å². The predicted molar refractivity (Wildman–Crippen MR) is 75.3 cm³/mol. The van der Waals surface area contributed by atoms with E-state index in [1.165, 1.54) is 12.1 Å². The van der Waals surface area contributed by atoms with Crippen LogP contribution in [0.5, 0.6) is 11.5 Å². The topological polar surface area (TPSA) is 64.4 Å². The van der Waals surface area contributed by atoms with E-state index in [1.54, 1.807) is 13.0 Å². The van der Waals surface area contributed by atoms with Crippen molar-refractivity contribution in [1.82, 2.24) is 5.32 Å². The Bertz CT molecular complexity index is 654. The molecule has 0 aliphatic carbocycles. The number of hydrogen-bond donors (Lipinski definition) is 2. The van der Waals surface area contributed by atoms with Gasteiger partial charge in [-0.05, 0) is 25.1 Å². The van der Waals surface area contributed by atoms with Crippen molar-refractivity contribution in [1.29, 1.82) is 0 Å². The molecule has 4 nitrogen and oxygen atoms in total. The summed E-state index contributed by atoms with van der Waals surface area (Å²) in [5, 5.41) is 2.64. The number of carbonyl (C=O) groups is 1. The SMILES string of the molecule is CCNC(=O)c1ccc(N)c(Oc2cc(F)cc(F)c2)c1. The molecule has 0 heterocycles. The largest absolute Gasteiger partial charge is 0.455 e. The standard InChI is InChI=1S/C15H14F2N2O2/c1-2-19-15(20)9-3-4-13(18)14(5-9)21-12-7-10(16)6-11(17)8-12/h3-8H,2,18H2,1H3,(H,19,20). The maximum Gasteiger partial charge on any atom is 0.251 e. The molecule has 2 aromatic carbocycles. The number of carbonyl (C=O) groups excluding carboxylic acids is 1. The van der Waals surface area contributed by atoms with Crippen molar-refractivity contribution in [2.45, 2.75) is 6.92 Å². The summed E-state index contributed by atoms with van der Waals surface area (Å²) in [6.45, 7) is 2.27. The van der Waals surface area contributed by atoms with Crippen LogP contribution >= 0.6 is 0 Å². The monoisotopic (exact) mass is 292 g/mol.